The summed E-state index contributed by atoms with van der Waals surface area (Å²) >= 11 is 0. The first-order valence-electron chi connectivity index (χ1n) is 8.31. The molecule has 1 saturated heterocycles. The van der Waals surface area contributed by atoms with E-state index in [1.807, 2.05) is 24.3 Å². The Kier molecular flexibility index (Phi) is 7.59. The molecule has 0 unspecified atom stereocenters. The highest BCUT2D eigenvalue weighted by Gasteiger charge is 2.14. The van der Waals surface area contributed by atoms with E-state index < -0.39 is 5.91 Å². The summed E-state index contributed by atoms with van der Waals surface area (Å²) in [5.41, 5.74) is 7.20. The molecule has 146 valence electrons. The van der Waals surface area contributed by atoms with Crippen molar-refractivity contribution in [3.05, 3.63) is 42.1 Å². The minimum atomic E-state index is -0.494. The molecule has 3 rings (SSSR count). The van der Waals surface area contributed by atoms with Crippen LogP contribution in [0.3, 0.4) is 0 Å². The molecule has 27 heavy (non-hydrogen) atoms. The monoisotopic (exact) mass is 395 g/mol. The van der Waals surface area contributed by atoms with Crippen molar-refractivity contribution in [2.75, 3.05) is 43.1 Å². The van der Waals surface area contributed by atoms with E-state index in [9.17, 15) is 9.59 Å². The fraction of sp³-hybridized carbons (Fsp3) is 0.353. The second kappa shape index (κ2) is 9.91. The number of carbonyl (C=O) groups excluding carboxylic acids is 2. The number of halogens is 1. The maximum Gasteiger partial charge on any atom is 0.273 e. The molecule has 0 aliphatic carbocycles. The van der Waals surface area contributed by atoms with Crippen LogP contribution >= 0.6 is 12.4 Å². The smallest absolute Gasteiger partial charge is 0.273 e. The van der Waals surface area contributed by atoms with Crippen LogP contribution < -0.4 is 21.3 Å². The number of nitrogens with two attached hydrogens (primary N) is 1. The Labute approximate surface area is 162 Å². The van der Waals surface area contributed by atoms with Crippen molar-refractivity contribution in [3.8, 4) is 0 Å². The Morgan fingerprint density at radius 2 is 1.89 bits per heavy atom. The van der Waals surface area contributed by atoms with Gasteiger partial charge in [-0.3, -0.25) is 9.59 Å². The highest BCUT2D eigenvalue weighted by atomic mass is 35.5. The number of nitrogens with zero attached hydrogens (tertiary/aromatic N) is 2. The summed E-state index contributed by atoms with van der Waals surface area (Å²) in [5, 5.41) is 5.22. The quantitative estimate of drug-likeness (QED) is 0.659. The Morgan fingerprint density at radius 3 is 2.52 bits per heavy atom. The number of carbonyl (C=O) groups is 2. The number of benzene rings is 1. The average Bonchev–Trinajstić information content (AvgIpc) is 3.17. The van der Waals surface area contributed by atoms with Crippen LogP contribution in [0.25, 0.3) is 0 Å². The Bertz CT molecular complexity index is 759. The van der Waals surface area contributed by atoms with E-state index in [2.05, 4.69) is 20.5 Å². The second-order valence-electron chi connectivity index (χ2n) is 5.71. The van der Waals surface area contributed by atoms with Crippen LogP contribution in [0.1, 0.15) is 16.4 Å². The van der Waals surface area contributed by atoms with Crippen LogP contribution in [0.15, 0.2) is 34.9 Å². The van der Waals surface area contributed by atoms with Crippen LogP contribution in [-0.2, 0) is 16.1 Å². The molecule has 1 aliphatic rings. The Hall–Kier alpha value is -2.62. The van der Waals surface area contributed by atoms with Crippen LogP contribution in [0.2, 0.25) is 0 Å². The van der Waals surface area contributed by atoms with E-state index in [4.69, 9.17) is 14.9 Å². The first-order chi connectivity index (χ1) is 12.7. The van der Waals surface area contributed by atoms with Gasteiger partial charge in [-0.2, -0.15) is 0 Å². The van der Waals surface area contributed by atoms with Gasteiger partial charge < -0.3 is 30.4 Å². The molecule has 2 heterocycles. The lowest BCUT2D eigenvalue weighted by molar-refractivity contribution is -0.115. The van der Waals surface area contributed by atoms with Gasteiger partial charge in [-0.1, -0.05) is 0 Å². The number of aromatic nitrogens is 1. The Morgan fingerprint density at radius 1 is 1.19 bits per heavy atom. The van der Waals surface area contributed by atoms with E-state index in [0.29, 0.717) is 5.69 Å². The molecule has 2 amide bonds. The average molecular weight is 396 g/mol. The van der Waals surface area contributed by atoms with Gasteiger partial charge in [0.05, 0.1) is 26.3 Å². The molecule has 1 fully saturated rings. The van der Waals surface area contributed by atoms with Crippen molar-refractivity contribution in [2.45, 2.75) is 6.54 Å². The van der Waals surface area contributed by atoms with E-state index in [-0.39, 0.29) is 43.0 Å². The van der Waals surface area contributed by atoms with Gasteiger partial charge in [-0.15, -0.1) is 12.4 Å². The van der Waals surface area contributed by atoms with Crippen LogP contribution in [0.4, 0.5) is 11.4 Å². The van der Waals surface area contributed by atoms with Crippen molar-refractivity contribution >= 4 is 35.6 Å². The van der Waals surface area contributed by atoms with Gasteiger partial charge >= 0.3 is 0 Å². The molecule has 0 atom stereocenters. The van der Waals surface area contributed by atoms with E-state index in [1.165, 1.54) is 6.26 Å². The van der Waals surface area contributed by atoms with Gasteiger partial charge in [0.1, 0.15) is 6.26 Å². The summed E-state index contributed by atoms with van der Waals surface area (Å²) in [6.07, 6.45) is 1.21. The predicted octanol–water partition coefficient (Wildman–Crippen LogP) is 0.760. The number of rotatable bonds is 6. The maximum atomic E-state index is 12.0. The van der Waals surface area contributed by atoms with Crippen molar-refractivity contribution in [1.29, 1.82) is 0 Å². The first-order valence-corrected chi connectivity index (χ1v) is 8.31. The summed E-state index contributed by atoms with van der Waals surface area (Å²) in [7, 11) is 0. The highest BCUT2D eigenvalue weighted by Crippen LogP contribution is 2.18. The fourth-order valence-corrected chi connectivity index (χ4v) is 2.54. The number of hydrogen-bond acceptors (Lipinski definition) is 7. The van der Waals surface area contributed by atoms with Crippen molar-refractivity contribution in [2.24, 2.45) is 5.73 Å². The zero-order valence-electron chi connectivity index (χ0n) is 14.6. The molecule has 0 bridgehead atoms. The zero-order valence-corrected chi connectivity index (χ0v) is 15.5. The van der Waals surface area contributed by atoms with Crippen LogP contribution in [-0.4, -0.2) is 49.6 Å². The van der Waals surface area contributed by atoms with Crippen molar-refractivity contribution < 1.29 is 18.7 Å². The number of oxazole rings is 1. The number of morpholine rings is 1. The van der Waals surface area contributed by atoms with Gasteiger partial charge in [-0.05, 0) is 24.3 Å². The van der Waals surface area contributed by atoms with Crippen LogP contribution in [0.5, 0.6) is 0 Å². The van der Waals surface area contributed by atoms with E-state index in [0.717, 1.165) is 32.0 Å². The lowest BCUT2D eigenvalue weighted by atomic mass is 10.2. The maximum absolute atomic E-state index is 12.0. The lowest BCUT2D eigenvalue weighted by Crippen LogP contribution is -2.36. The summed E-state index contributed by atoms with van der Waals surface area (Å²) < 4.78 is 10.3. The second-order valence-corrected chi connectivity index (χ2v) is 5.71. The van der Waals surface area contributed by atoms with E-state index in [1.54, 1.807) is 0 Å². The van der Waals surface area contributed by atoms with Crippen molar-refractivity contribution in [3.63, 3.8) is 0 Å². The number of hydrogen-bond donors (Lipinski definition) is 3. The minimum Gasteiger partial charge on any atom is -0.447 e. The predicted molar refractivity (Wildman–Crippen MR) is 102 cm³/mol. The first kappa shape index (κ1) is 20.7. The molecule has 1 aromatic carbocycles. The standard InChI is InChI=1S/C17H21N5O4.ClH/c18-9-16-21-14(11-26-16)17(24)19-10-15(23)20-12-1-3-13(4-2-12)22-5-7-25-8-6-22;/h1-4,11H,5-10,18H2,(H,19,24)(H,20,23);1H. The summed E-state index contributed by atoms with van der Waals surface area (Å²) in [4.78, 5) is 30.0. The third kappa shape index (κ3) is 5.68. The summed E-state index contributed by atoms with van der Waals surface area (Å²) in [6.45, 7) is 3.08. The largest absolute Gasteiger partial charge is 0.447 e. The molecule has 1 aromatic heterocycles. The number of amides is 2. The molecule has 0 saturated carbocycles. The van der Waals surface area contributed by atoms with Gasteiger partial charge in [0, 0.05) is 24.5 Å². The molecular formula is C17H22ClN5O4. The topological polar surface area (TPSA) is 123 Å². The molecule has 0 radical (unpaired) electrons. The van der Waals surface area contributed by atoms with Gasteiger partial charge in [0.15, 0.2) is 5.69 Å². The number of nitrogens with one attached hydrogen (secondary N) is 2. The third-order valence-electron chi connectivity index (χ3n) is 3.90. The SMILES string of the molecule is Cl.NCc1nc(C(=O)NCC(=O)Nc2ccc(N3CCOCC3)cc2)co1. The van der Waals surface area contributed by atoms with Gasteiger partial charge in [0.2, 0.25) is 11.8 Å². The van der Waals surface area contributed by atoms with Gasteiger partial charge in [0.25, 0.3) is 5.91 Å². The van der Waals surface area contributed by atoms with Crippen LogP contribution in [0, 0.1) is 0 Å². The molecule has 2 aromatic rings. The summed E-state index contributed by atoms with van der Waals surface area (Å²) in [6, 6.07) is 7.55. The molecular weight excluding hydrogens is 374 g/mol. The Balaban J connectivity index is 0.00000261. The lowest BCUT2D eigenvalue weighted by Gasteiger charge is -2.28. The molecule has 1 aliphatic heterocycles. The zero-order chi connectivity index (χ0) is 18.4. The molecule has 4 N–H and O–H groups in total. The third-order valence-corrected chi connectivity index (χ3v) is 3.90. The van der Waals surface area contributed by atoms with Gasteiger partial charge in [-0.25, -0.2) is 4.98 Å². The normalized spacial score (nSPS) is 13.6. The molecule has 0 spiro atoms. The van der Waals surface area contributed by atoms with Crippen molar-refractivity contribution in [1.82, 2.24) is 10.3 Å². The summed E-state index contributed by atoms with van der Waals surface area (Å²) in [5.74, 6) is -0.564. The van der Waals surface area contributed by atoms with E-state index >= 15 is 0 Å². The number of anilines is 2. The highest BCUT2D eigenvalue weighted by molar-refractivity contribution is 5.98. The minimum absolute atomic E-state index is 0. The molecule has 10 heteroatoms. The fourth-order valence-electron chi connectivity index (χ4n) is 2.54. The molecule has 9 nitrogen and oxygen atoms in total. The number of ether oxygens (including phenoxy) is 1.